The van der Waals surface area contributed by atoms with Gasteiger partial charge < -0.3 is 14.4 Å². The van der Waals surface area contributed by atoms with Crippen LogP contribution in [0.5, 0.6) is 0 Å². The van der Waals surface area contributed by atoms with Gasteiger partial charge in [0.2, 0.25) is 18.1 Å². The van der Waals surface area contributed by atoms with E-state index < -0.39 is 11.9 Å². The Balaban J connectivity index is 1.46. The monoisotopic (exact) mass is 398 g/mol. The second kappa shape index (κ2) is 6.68. The number of hydrogen-bond donors (Lipinski definition) is 1. The van der Waals surface area contributed by atoms with E-state index in [1.165, 1.54) is 4.57 Å². The van der Waals surface area contributed by atoms with Crippen molar-refractivity contribution >= 4 is 28.5 Å². The number of hydrogen-bond acceptors (Lipinski definition) is 6. The standard InChI is InChI=1S/C20H22N4O5/c1-22-16-10-13(23-7-6-12(11-23)19-28-8-9-29-19)2-3-14(16)24(20(22)27)15-4-5-17(25)21-18(15)26/h2-3,8-10,12,15,19H,4-7,11H2,1H3,(H,21,25,26). The highest BCUT2D eigenvalue weighted by atomic mass is 16.7. The van der Waals surface area contributed by atoms with Gasteiger partial charge in [0, 0.05) is 32.2 Å². The van der Waals surface area contributed by atoms with Gasteiger partial charge in [-0.05, 0) is 31.0 Å². The number of piperidine rings is 1. The quantitative estimate of drug-likeness (QED) is 0.775. The maximum Gasteiger partial charge on any atom is 0.329 e. The lowest BCUT2D eigenvalue weighted by molar-refractivity contribution is -0.135. The minimum Gasteiger partial charge on any atom is -0.459 e. The van der Waals surface area contributed by atoms with Crippen molar-refractivity contribution in [1.29, 1.82) is 0 Å². The van der Waals surface area contributed by atoms with Gasteiger partial charge in [-0.3, -0.25) is 24.0 Å². The van der Waals surface area contributed by atoms with E-state index in [1.54, 1.807) is 24.1 Å². The van der Waals surface area contributed by atoms with Gasteiger partial charge in [-0.2, -0.15) is 0 Å². The molecule has 3 aliphatic rings. The van der Waals surface area contributed by atoms with Gasteiger partial charge in [-0.25, -0.2) is 4.79 Å². The third kappa shape index (κ3) is 2.88. The lowest BCUT2D eigenvalue weighted by Crippen LogP contribution is -2.44. The topological polar surface area (TPSA) is 94.8 Å². The number of imide groups is 1. The predicted octanol–water partition coefficient (Wildman–Crippen LogP) is 0.988. The molecule has 2 atom stereocenters. The number of amides is 2. The number of nitrogens with zero attached hydrogens (tertiary/aromatic N) is 3. The Labute approximate surface area is 166 Å². The summed E-state index contributed by atoms with van der Waals surface area (Å²) in [6.07, 6.45) is 4.43. The third-order valence-electron chi connectivity index (χ3n) is 6.05. The number of anilines is 1. The molecule has 2 fully saturated rings. The van der Waals surface area contributed by atoms with Crippen LogP contribution < -0.4 is 15.9 Å². The fraction of sp³-hybridized carbons (Fsp3) is 0.450. The molecule has 1 aromatic carbocycles. The van der Waals surface area contributed by atoms with E-state index in [4.69, 9.17) is 9.47 Å². The molecule has 2 amide bonds. The maximum atomic E-state index is 12.9. The van der Waals surface area contributed by atoms with Gasteiger partial charge in [0.15, 0.2) is 0 Å². The van der Waals surface area contributed by atoms with E-state index in [0.717, 1.165) is 30.7 Å². The molecule has 0 aliphatic carbocycles. The molecule has 0 spiro atoms. The summed E-state index contributed by atoms with van der Waals surface area (Å²) in [5, 5.41) is 2.33. The first-order chi connectivity index (χ1) is 14.0. The van der Waals surface area contributed by atoms with Crippen LogP contribution in [0.15, 0.2) is 35.5 Å². The Hall–Kier alpha value is -3.23. The summed E-state index contributed by atoms with van der Waals surface area (Å²) in [5.74, 6) is -0.444. The van der Waals surface area contributed by atoms with Gasteiger partial charge in [-0.15, -0.1) is 0 Å². The van der Waals surface area contributed by atoms with Crippen molar-refractivity contribution in [3.05, 3.63) is 41.2 Å². The minimum atomic E-state index is -0.671. The van der Waals surface area contributed by atoms with Gasteiger partial charge in [0.05, 0.1) is 17.0 Å². The zero-order chi connectivity index (χ0) is 20.1. The number of nitrogens with one attached hydrogen (secondary N) is 1. The summed E-state index contributed by atoms with van der Waals surface area (Å²) < 4.78 is 14.0. The maximum absolute atomic E-state index is 12.9. The van der Waals surface area contributed by atoms with E-state index in [-0.39, 0.29) is 30.2 Å². The highest BCUT2D eigenvalue weighted by Gasteiger charge is 2.34. The summed E-state index contributed by atoms with van der Waals surface area (Å²) in [5.41, 5.74) is 2.21. The number of carbonyl (C=O) groups excluding carboxylic acids is 2. The number of fused-ring (bicyclic) bond motifs is 1. The summed E-state index contributed by atoms with van der Waals surface area (Å²) in [4.78, 5) is 38.9. The fourth-order valence-corrected chi connectivity index (χ4v) is 4.50. The Morgan fingerprint density at radius 3 is 2.62 bits per heavy atom. The summed E-state index contributed by atoms with van der Waals surface area (Å²) >= 11 is 0. The Kier molecular flexibility index (Phi) is 4.11. The summed E-state index contributed by atoms with van der Waals surface area (Å²) in [6, 6.07) is 5.17. The summed E-state index contributed by atoms with van der Waals surface area (Å²) in [7, 11) is 1.70. The van der Waals surface area contributed by atoms with E-state index in [9.17, 15) is 14.4 Å². The molecule has 2 aromatic rings. The number of carbonyl (C=O) groups is 2. The molecule has 0 radical (unpaired) electrons. The number of ether oxygens (including phenoxy) is 2. The molecule has 152 valence electrons. The van der Waals surface area contributed by atoms with Crippen molar-refractivity contribution in [1.82, 2.24) is 14.5 Å². The van der Waals surface area contributed by atoms with Crippen molar-refractivity contribution in [3.8, 4) is 0 Å². The van der Waals surface area contributed by atoms with Crippen LogP contribution in [-0.4, -0.2) is 40.3 Å². The van der Waals surface area contributed by atoms with Crippen molar-refractivity contribution in [2.75, 3.05) is 18.0 Å². The Bertz CT molecular complexity index is 1080. The van der Waals surface area contributed by atoms with Gasteiger partial charge in [0.1, 0.15) is 18.6 Å². The van der Waals surface area contributed by atoms with Gasteiger partial charge in [-0.1, -0.05) is 0 Å². The molecule has 3 aliphatic heterocycles. The van der Waals surface area contributed by atoms with E-state index >= 15 is 0 Å². The number of imidazole rings is 1. The largest absolute Gasteiger partial charge is 0.459 e. The molecule has 1 N–H and O–H groups in total. The second-order valence-electron chi connectivity index (χ2n) is 7.76. The highest BCUT2D eigenvalue weighted by Crippen LogP contribution is 2.31. The number of aryl methyl sites for hydroxylation is 1. The molecule has 4 heterocycles. The Morgan fingerprint density at radius 2 is 1.86 bits per heavy atom. The van der Waals surface area contributed by atoms with Crippen LogP contribution in [0.3, 0.4) is 0 Å². The van der Waals surface area contributed by atoms with Gasteiger partial charge >= 0.3 is 5.69 Å². The van der Waals surface area contributed by atoms with Crippen molar-refractivity contribution in [3.63, 3.8) is 0 Å². The van der Waals surface area contributed by atoms with Crippen LogP contribution >= 0.6 is 0 Å². The summed E-state index contributed by atoms with van der Waals surface area (Å²) in [6.45, 7) is 1.68. The third-order valence-corrected chi connectivity index (χ3v) is 6.05. The van der Waals surface area contributed by atoms with Gasteiger partial charge in [0.25, 0.3) is 0 Å². The first-order valence-electron chi connectivity index (χ1n) is 9.78. The van der Waals surface area contributed by atoms with Crippen LogP contribution in [0.1, 0.15) is 25.3 Å². The molecular formula is C20H22N4O5. The minimum absolute atomic E-state index is 0.229. The van der Waals surface area contributed by atoms with Crippen LogP contribution in [0.4, 0.5) is 5.69 Å². The lowest BCUT2D eigenvalue weighted by Gasteiger charge is -2.22. The highest BCUT2D eigenvalue weighted by molar-refractivity contribution is 6.00. The number of rotatable bonds is 3. The molecular weight excluding hydrogens is 376 g/mol. The average molecular weight is 398 g/mol. The zero-order valence-corrected chi connectivity index (χ0v) is 16.0. The predicted molar refractivity (Wildman–Crippen MR) is 104 cm³/mol. The zero-order valence-electron chi connectivity index (χ0n) is 16.0. The van der Waals surface area contributed by atoms with Crippen molar-refractivity contribution in [2.24, 2.45) is 13.0 Å². The SMILES string of the molecule is Cn1c(=O)n(C2CCC(=O)NC2=O)c2ccc(N3CCC(C4OC=CO4)C3)cc21. The normalized spacial score (nSPS) is 24.8. The molecule has 2 saturated heterocycles. The first kappa shape index (κ1) is 17.8. The molecule has 29 heavy (non-hydrogen) atoms. The van der Waals surface area contributed by atoms with E-state index in [2.05, 4.69) is 10.2 Å². The fourth-order valence-electron chi connectivity index (χ4n) is 4.50. The molecule has 9 nitrogen and oxygen atoms in total. The molecule has 1 aromatic heterocycles. The van der Waals surface area contributed by atoms with Crippen molar-refractivity contribution in [2.45, 2.75) is 31.6 Å². The Morgan fingerprint density at radius 1 is 1.07 bits per heavy atom. The molecule has 5 rings (SSSR count). The average Bonchev–Trinajstić information content (AvgIpc) is 3.44. The lowest BCUT2D eigenvalue weighted by atomic mass is 10.1. The van der Waals surface area contributed by atoms with Crippen molar-refractivity contribution < 1.29 is 19.1 Å². The van der Waals surface area contributed by atoms with Crippen LogP contribution in [-0.2, 0) is 26.1 Å². The molecule has 2 unspecified atom stereocenters. The number of benzene rings is 1. The van der Waals surface area contributed by atoms with E-state index in [1.807, 2.05) is 18.2 Å². The van der Waals surface area contributed by atoms with Crippen LogP contribution in [0.2, 0.25) is 0 Å². The first-order valence-corrected chi connectivity index (χ1v) is 9.78. The smallest absolute Gasteiger partial charge is 0.329 e. The van der Waals surface area contributed by atoms with Crippen LogP contribution in [0, 0.1) is 5.92 Å². The second-order valence-corrected chi connectivity index (χ2v) is 7.76. The van der Waals surface area contributed by atoms with E-state index in [0.29, 0.717) is 11.9 Å². The molecule has 0 saturated carbocycles. The molecule has 9 heteroatoms. The molecule has 0 bridgehead atoms. The number of aromatic nitrogens is 2. The van der Waals surface area contributed by atoms with Crippen LogP contribution in [0.25, 0.3) is 11.0 Å².